The van der Waals surface area contributed by atoms with Crippen molar-refractivity contribution in [2.24, 2.45) is 5.73 Å². The molecule has 0 radical (unpaired) electrons. The fourth-order valence-electron chi connectivity index (χ4n) is 1.92. The Hall–Kier alpha value is -2.89. The van der Waals surface area contributed by atoms with Crippen molar-refractivity contribution in [2.45, 2.75) is 12.6 Å². The van der Waals surface area contributed by atoms with Gasteiger partial charge in [0.05, 0.1) is 0 Å². The van der Waals surface area contributed by atoms with Crippen molar-refractivity contribution in [3.05, 3.63) is 70.6 Å². The second kappa shape index (κ2) is 6.51. The molecular weight excluding hydrogens is 270 g/mol. The van der Waals surface area contributed by atoms with Gasteiger partial charge in [-0.15, -0.1) is 0 Å². The number of nitrogens with zero attached hydrogens (tertiary/aromatic N) is 1. The van der Waals surface area contributed by atoms with E-state index >= 15 is 0 Å². The highest BCUT2D eigenvalue weighted by molar-refractivity contribution is 5.87. The molecule has 108 valence electrons. The zero-order valence-corrected chi connectivity index (χ0v) is 11.2. The van der Waals surface area contributed by atoms with E-state index in [1.165, 1.54) is 16.8 Å². The van der Waals surface area contributed by atoms with E-state index in [1.54, 1.807) is 42.5 Å². The number of amides is 2. The molecule has 0 fully saturated rings. The van der Waals surface area contributed by atoms with Gasteiger partial charge in [0.1, 0.15) is 12.6 Å². The first-order valence-corrected chi connectivity index (χ1v) is 6.37. The van der Waals surface area contributed by atoms with Gasteiger partial charge in [0.15, 0.2) is 0 Å². The van der Waals surface area contributed by atoms with E-state index in [-0.39, 0.29) is 12.1 Å². The number of rotatable bonds is 5. The third-order valence-corrected chi connectivity index (χ3v) is 2.94. The van der Waals surface area contributed by atoms with E-state index in [9.17, 15) is 14.4 Å². The molecule has 1 aromatic heterocycles. The third-order valence-electron chi connectivity index (χ3n) is 2.94. The maximum Gasteiger partial charge on any atom is 0.250 e. The number of hydrogen-bond acceptors (Lipinski definition) is 3. The highest BCUT2D eigenvalue weighted by atomic mass is 16.2. The van der Waals surface area contributed by atoms with Crippen molar-refractivity contribution in [1.82, 2.24) is 9.88 Å². The van der Waals surface area contributed by atoms with Gasteiger partial charge in [0, 0.05) is 12.3 Å². The van der Waals surface area contributed by atoms with Crippen LogP contribution in [0.5, 0.6) is 0 Å². The first kappa shape index (κ1) is 14.5. The minimum absolute atomic E-state index is 0.170. The van der Waals surface area contributed by atoms with Crippen molar-refractivity contribution in [3.63, 3.8) is 0 Å². The molecule has 0 aliphatic rings. The highest BCUT2D eigenvalue weighted by Gasteiger charge is 2.20. The molecule has 2 amide bonds. The number of carbonyl (C=O) groups is 2. The molecule has 0 saturated carbocycles. The van der Waals surface area contributed by atoms with Gasteiger partial charge < -0.3 is 15.6 Å². The Morgan fingerprint density at radius 1 is 1.10 bits per heavy atom. The number of benzene rings is 1. The standard InChI is InChI=1S/C15H15N3O3/c16-15(21)14(11-6-2-1-3-7-11)17-12(19)10-18-9-5-4-8-13(18)20/h1-9,14H,10H2,(H2,16,21)(H,17,19). The number of nitrogens with one attached hydrogen (secondary N) is 1. The van der Waals surface area contributed by atoms with Gasteiger partial charge in [-0.1, -0.05) is 36.4 Å². The molecule has 2 rings (SSSR count). The van der Waals surface area contributed by atoms with Gasteiger partial charge >= 0.3 is 0 Å². The predicted octanol–water partition coefficient (Wildman–Crippen LogP) is 0.191. The van der Waals surface area contributed by atoms with Crippen LogP contribution in [-0.2, 0) is 16.1 Å². The van der Waals surface area contributed by atoms with Gasteiger partial charge in [-0.3, -0.25) is 14.4 Å². The summed E-state index contributed by atoms with van der Waals surface area (Å²) in [6.07, 6.45) is 1.50. The summed E-state index contributed by atoms with van der Waals surface area (Å²) < 4.78 is 1.25. The number of primary amides is 1. The predicted molar refractivity (Wildman–Crippen MR) is 77.2 cm³/mol. The van der Waals surface area contributed by atoms with Crippen LogP contribution in [-0.4, -0.2) is 16.4 Å². The van der Waals surface area contributed by atoms with Crippen LogP contribution in [0.1, 0.15) is 11.6 Å². The van der Waals surface area contributed by atoms with E-state index in [2.05, 4.69) is 5.32 Å². The van der Waals surface area contributed by atoms with E-state index < -0.39 is 17.9 Å². The van der Waals surface area contributed by atoms with Crippen LogP contribution >= 0.6 is 0 Å². The molecule has 1 unspecified atom stereocenters. The van der Waals surface area contributed by atoms with E-state index in [4.69, 9.17) is 5.73 Å². The number of nitrogens with two attached hydrogens (primary N) is 1. The molecule has 1 atom stereocenters. The Kier molecular flexibility index (Phi) is 4.50. The van der Waals surface area contributed by atoms with Crippen LogP contribution in [0.2, 0.25) is 0 Å². The van der Waals surface area contributed by atoms with Crippen molar-refractivity contribution in [2.75, 3.05) is 0 Å². The molecular formula is C15H15N3O3. The molecule has 6 nitrogen and oxygen atoms in total. The molecule has 3 N–H and O–H groups in total. The fraction of sp³-hybridized carbons (Fsp3) is 0.133. The van der Waals surface area contributed by atoms with Crippen LogP contribution in [0.15, 0.2) is 59.5 Å². The van der Waals surface area contributed by atoms with Crippen molar-refractivity contribution >= 4 is 11.8 Å². The Bertz CT molecular complexity index is 695. The van der Waals surface area contributed by atoms with Crippen molar-refractivity contribution < 1.29 is 9.59 Å². The molecule has 0 aliphatic carbocycles. The summed E-state index contributed by atoms with van der Waals surface area (Å²) in [5.41, 5.74) is 5.63. The number of aromatic nitrogens is 1. The average molecular weight is 285 g/mol. The highest BCUT2D eigenvalue weighted by Crippen LogP contribution is 2.11. The second-order valence-corrected chi connectivity index (χ2v) is 4.48. The molecule has 6 heteroatoms. The van der Waals surface area contributed by atoms with Gasteiger partial charge in [-0.2, -0.15) is 0 Å². The normalized spacial score (nSPS) is 11.6. The smallest absolute Gasteiger partial charge is 0.250 e. The largest absolute Gasteiger partial charge is 0.368 e. The molecule has 1 aromatic carbocycles. The monoisotopic (exact) mass is 285 g/mol. The zero-order chi connectivity index (χ0) is 15.2. The molecule has 0 spiro atoms. The number of hydrogen-bond donors (Lipinski definition) is 2. The third kappa shape index (κ3) is 3.79. The number of carbonyl (C=O) groups excluding carboxylic acids is 2. The summed E-state index contributed by atoms with van der Waals surface area (Å²) in [4.78, 5) is 35.0. The first-order valence-electron chi connectivity index (χ1n) is 6.37. The first-order chi connectivity index (χ1) is 10.1. The topological polar surface area (TPSA) is 94.2 Å². The quantitative estimate of drug-likeness (QED) is 0.821. The lowest BCUT2D eigenvalue weighted by Gasteiger charge is -2.16. The van der Waals surface area contributed by atoms with Crippen LogP contribution in [0, 0.1) is 0 Å². The summed E-state index contributed by atoms with van der Waals surface area (Å²) in [6.45, 7) is -0.170. The summed E-state index contributed by atoms with van der Waals surface area (Å²) in [6, 6.07) is 12.4. The lowest BCUT2D eigenvalue weighted by atomic mass is 10.1. The van der Waals surface area contributed by atoms with E-state index in [1.807, 2.05) is 0 Å². The lowest BCUT2D eigenvalue weighted by Crippen LogP contribution is -2.40. The Balaban J connectivity index is 2.11. The minimum atomic E-state index is -0.918. The van der Waals surface area contributed by atoms with Crippen LogP contribution in [0.4, 0.5) is 0 Å². The van der Waals surface area contributed by atoms with Crippen molar-refractivity contribution in [3.8, 4) is 0 Å². The van der Waals surface area contributed by atoms with Gasteiger partial charge in [-0.25, -0.2) is 0 Å². The van der Waals surface area contributed by atoms with Gasteiger partial charge in [0.25, 0.3) is 5.56 Å². The Morgan fingerprint density at radius 3 is 2.38 bits per heavy atom. The van der Waals surface area contributed by atoms with Crippen LogP contribution < -0.4 is 16.6 Å². The van der Waals surface area contributed by atoms with Crippen LogP contribution in [0.25, 0.3) is 0 Å². The fourth-order valence-corrected chi connectivity index (χ4v) is 1.92. The zero-order valence-electron chi connectivity index (χ0n) is 11.2. The minimum Gasteiger partial charge on any atom is -0.368 e. The maximum absolute atomic E-state index is 12.0. The summed E-state index contributed by atoms with van der Waals surface area (Å²) in [5, 5.41) is 2.54. The van der Waals surface area contributed by atoms with Crippen molar-refractivity contribution in [1.29, 1.82) is 0 Å². The Labute approximate surface area is 121 Å². The van der Waals surface area contributed by atoms with E-state index in [0.717, 1.165) is 0 Å². The molecule has 2 aromatic rings. The maximum atomic E-state index is 12.0. The lowest BCUT2D eigenvalue weighted by molar-refractivity contribution is -0.127. The molecule has 0 saturated heterocycles. The van der Waals surface area contributed by atoms with Gasteiger partial charge in [-0.05, 0) is 11.6 Å². The SMILES string of the molecule is NC(=O)C(NC(=O)Cn1ccccc1=O)c1ccccc1. The Morgan fingerprint density at radius 2 is 1.76 bits per heavy atom. The van der Waals surface area contributed by atoms with Gasteiger partial charge in [0.2, 0.25) is 11.8 Å². The van der Waals surface area contributed by atoms with Crippen LogP contribution in [0.3, 0.4) is 0 Å². The molecule has 0 bridgehead atoms. The second-order valence-electron chi connectivity index (χ2n) is 4.48. The summed E-state index contributed by atoms with van der Waals surface area (Å²) in [7, 11) is 0. The summed E-state index contributed by atoms with van der Waals surface area (Å²) in [5.74, 6) is -1.12. The van der Waals surface area contributed by atoms with E-state index in [0.29, 0.717) is 5.56 Å². The number of pyridine rings is 1. The molecule has 1 heterocycles. The molecule has 21 heavy (non-hydrogen) atoms. The summed E-state index contributed by atoms with van der Waals surface area (Å²) >= 11 is 0. The molecule has 0 aliphatic heterocycles. The average Bonchev–Trinajstić information content (AvgIpc) is 2.48.